The summed E-state index contributed by atoms with van der Waals surface area (Å²) in [5, 5.41) is 4.32. The number of ether oxygens (including phenoxy) is 1. The molecule has 3 rings (SSSR count). The van der Waals surface area contributed by atoms with Gasteiger partial charge in [0.1, 0.15) is 12.4 Å². The third-order valence-corrected chi connectivity index (χ3v) is 5.57. The third-order valence-electron chi connectivity index (χ3n) is 3.94. The standard InChI is InChI=1S/C22H19Cl2NO2S/c23-18-7-11-20(12-8-18)28-14-13-25-22(26)16-5-9-19(10-6-16)27-15-17-3-1-2-4-21(17)24/h1-12H,13-15H2,(H,25,26). The Morgan fingerprint density at radius 1 is 0.929 bits per heavy atom. The molecule has 0 aliphatic heterocycles. The summed E-state index contributed by atoms with van der Waals surface area (Å²) < 4.78 is 5.73. The fraction of sp³-hybridized carbons (Fsp3) is 0.136. The van der Waals surface area contributed by atoms with Crippen molar-refractivity contribution in [3.05, 3.63) is 94.0 Å². The monoisotopic (exact) mass is 431 g/mol. The summed E-state index contributed by atoms with van der Waals surface area (Å²) in [7, 11) is 0. The van der Waals surface area contributed by atoms with Gasteiger partial charge in [0.25, 0.3) is 5.91 Å². The zero-order chi connectivity index (χ0) is 19.8. The van der Waals surface area contributed by atoms with Crippen LogP contribution in [0.4, 0.5) is 0 Å². The first kappa shape index (κ1) is 20.6. The van der Waals surface area contributed by atoms with Gasteiger partial charge in [0, 0.05) is 38.4 Å². The normalized spacial score (nSPS) is 10.5. The molecule has 0 radical (unpaired) electrons. The lowest BCUT2D eigenvalue weighted by atomic mass is 10.2. The smallest absolute Gasteiger partial charge is 0.251 e. The Bertz CT molecular complexity index is 915. The first-order chi connectivity index (χ1) is 13.6. The van der Waals surface area contributed by atoms with E-state index < -0.39 is 0 Å². The largest absolute Gasteiger partial charge is 0.489 e. The van der Waals surface area contributed by atoms with Gasteiger partial charge in [-0.25, -0.2) is 0 Å². The number of benzene rings is 3. The van der Waals surface area contributed by atoms with Gasteiger partial charge < -0.3 is 10.1 Å². The predicted molar refractivity (Wildman–Crippen MR) is 117 cm³/mol. The molecule has 0 heterocycles. The maximum atomic E-state index is 12.2. The summed E-state index contributed by atoms with van der Waals surface area (Å²) in [6.45, 7) is 0.962. The summed E-state index contributed by atoms with van der Waals surface area (Å²) in [6, 6.07) is 22.3. The van der Waals surface area contributed by atoms with Crippen molar-refractivity contribution in [3.63, 3.8) is 0 Å². The Kier molecular flexibility index (Phi) is 7.66. The summed E-state index contributed by atoms with van der Waals surface area (Å²) >= 11 is 13.7. The molecule has 6 heteroatoms. The summed E-state index contributed by atoms with van der Waals surface area (Å²) in [5.74, 6) is 1.37. The second-order valence-electron chi connectivity index (χ2n) is 5.96. The van der Waals surface area contributed by atoms with E-state index in [0.717, 1.165) is 21.2 Å². The van der Waals surface area contributed by atoms with Gasteiger partial charge in [-0.3, -0.25) is 4.79 Å². The molecule has 3 aromatic rings. The van der Waals surface area contributed by atoms with Crippen molar-refractivity contribution in [2.24, 2.45) is 0 Å². The SMILES string of the molecule is O=C(NCCSc1ccc(Cl)cc1)c1ccc(OCc2ccccc2Cl)cc1. The number of hydrogen-bond donors (Lipinski definition) is 1. The van der Waals surface area contributed by atoms with Crippen LogP contribution in [-0.4, -0.2) is 18.2 Å². The number of thioether (sulfide) groups is 1. The quantitative estimate of drug-likeness (QED) is 0.346. The van der Waals surface area contributed by atoms with E-state index in [-0.39, 0.29) is 5.91 Å². The van der Waals surface area contributed by atoms with Crippen LogP contribution >= 0.6 is 35.0 Å². The van der Waals surface area contributed by atoms with Gasteiger partial charge in [0.05, 0.1) is 0 Å². The zero-order valence-electron chi connectivity index (χ0n) is 15.0. The Morgan fingerprint density at radius 3 is 2.36 bits per heavy atom. The van der Waals surface area contributed by atoms with Crippen LogP contribution in [0.25, 0.3) is 0 Å². The van der Waals surface area contributed by atoms with Gasteiger partial charge in [-0.15, -0.1) is 11.8 Å². The van der Waals surface area contributed by atoms with E-state index in [1.165, 1.54) is 0 Å². The number of rotatable bonds is 8. The van der Waals surface area contributed by atoms with Gasteiger partial charge in [0.15, 0.2) is 0 Å². The van der Waals surface area contributed by atoms with Crippen molar-refractivity contribution in [1.29, 1.82) is 0 Å². The van der Waals surface area contributed by atoms with Crippen molar-refractivity contribution >= 4 is 40.9 Å². The van der Waals surface area contributed by atoms with E-state index in [1.54, 1.807) is 36.0 Å². The number of amides is 1. The van der Waals surface area contributed by atoms with E-state index in [4.69, 9.17) is 27.9 Å². The molecule has 0 saturated heterocycles. The number of halogens is 2. The van der Waals surface area contributed by atoms with Crippen molar-refractivity contribution in [2.45, 2.75) is 11.5 Å². The number of hydrogen-bond acceptors (Lipinski definition) is 3. The van der Waals surface area contributed by atoms with E-state index >= 15 is 0 Å². The van der Waals surface area contributed by atoms with E-state index in [1.807, 2.05) is 48.5 Å². The van der Waals surface area contributed by atoms with E-state index in [0.29, 0.717) is 29.5 Å². The van der Waals surface area contributed by atoms with E-state index in [9.17, 15) is 4.79 Å². The molecule has 0 aromatic heterocycles. The van der Waals surface area contributed by atoms with Crippen LogP contribution in [0, 0.1) is 0 Å². The van der Waals surface area contributed by atoms with Crippen LogP contribution in [-0.2, 0) is 6.61 Å². The summed E-state index contributed by atoms with van der Waals surface area (Å²) in [5.41, 5.74) is 1.52. The second kappa shape index (κ2) is 10.4. The van der Waals surface area contributed by atoms with Gasteiger partial charge in [-0.2, -0.15) is 0 Å². The zero-order valence-corrected chi connectivity index (χ0v) is 17.4. The van der Waals surface area contributed by atoms with Gasteiger partial charge >= 0.3 is 0 Å². The summed E-state index contributed by atoms with van der Waals surface area (Å²) in [4.78, 5) is 13.4. The minimum Gasteiger partial charge on any atom is -0.489 e. The fourth-order valence-electron chi connectivity index (χ4n) is 2.45. The second-order valence-corrected chi connectivity index (χ2v) is 7.97. The van der Waals surface area contributed by atoms with Crippen LogP contribution < -0.4 is 10.1 Å². The Morgan fingerprint density at radius 2 is 1.64 bits per heavy atom. The topological polar surface area (TPSA) is 38.3 Å². The lowest BCUT2D eigenvalue weighted by Gasteiger charge is -2.09. The van der Waals surface area contributed by atoms with Gasteiger partial charge in [0.2, 0.25) is 0 Å². The first-order valence-electron chi connectivity index (χ1n) is 8.74. The molecule has 0 spiro atoms. The minimum atomic E-state index is -0.102. The molecule has 0 saturated carbocycles. The van der Waals surface area contributed by atoms with Crippen LogP contribution in [0.3, 0.4) is 0 Å². The lowest BCUT2D eigenvalue weighted by Crippen LogP contribution is -2.25. The highest BCUT2D eigenvalue weighted by Crippen LogP contribution is 2.20. The molecule has 1 amide bonds. The van der Waals surface area contributed by atoms with Crippen molar-refractivity contribution in [3.8, 4) is 5.75 Å². The molecule has 0 fully saturated rings. The maximum absolute atomic E-state index is 12.2. The average Bonchev–Trinajstić information content (AvgIpc) is 2.72. The molecule has 1 N–H and O–H groups in total. The van der Waals surface area contributed by atoms with Crippen molar-refractivity contribution in [1.82, 2.24) is 5.32 Å². The highest BCUT2D eigenvalue weighted by atomic mass is 35.5. The van der Waals surface area contributed by atoms with Crippen LogP contribution in [0.2, 0.25) is 10.0 Å². The van der Waals surface area contributed by atoms with Crippen LogP contribution in [0.15, 0.2) is 77.7 Å². The molecule has 28 heavy (non-hydrogen) atoms. The third kappa shape index (κ3) is 6.20. The molecule has 0 unspecified atom stereocenters. The molecule has 0 atom stereocenters. The molecule has 3 nitrogen and oxygen atoms in total. The molecule has 144 valence electrons. The Balaban J connectivity index is 1.43. The number of nitrogens with one attached hydrogen (secondary N) is 1. The van der Waals surface area contributed by atoms with Crippen LogP contribution in [0.5, 0.6) is 5.75 Å². The molecule has 0 bridgehead atoms. The average molecular weight is 432 g/mol. The van der Waals surface area contributed by atoms with Crippen LogP contribution in [0.1, 0.15) is 15.9 Å². The predicted octanol–water partition coefficient (Wildman–Crippen LogP) is 6.09. The Hall–Kier alpha value is -2.14. The highest BCUT2D eigenvalue weighted by Gasteiger charge is 2.06. The summed E-state index contributed by atoms with van der Waals surface area (Å²) in [6.07, 6.45) is 0. The maximum Gasteiger partial charge on any atom is 0.251 e. The molecule has 0 aliphatic rings. The van der Waals surface area contributed by atoms with E-state index in [2.05, 4.69) is 5.32 Å². The number of carbonyl (C=O) groups excluding carboxylic acids is 1. The van der Waals surface area contributed by atoms with Gasteiger partial charge in [-0.1, -0.05) is 41.4 Å². The highest BCUT2D eigenvalue weighted by molar-refractivity contribution is 7.99. The molecule has 3 aromatic carbocycles. The Labute approximate surface area is 179 Å². The van der Waals surface area contributed by atoms with Crippen molar-refractivity contribution in [2.75, 3.05) is 12.3 Å². The van der Waals surface area contributed by atoms with Gasteiger partial charge in [-0.05, 0) is 54.6 Å². The molecule has 0 aliphatic carbocycles. The lowest BCUT2D eigenvalue weighted by molar-refractivity contribution is 0.0956. The minimum absolute atomic E-state index is 0.102. The fourth-order valence-corrected chi connectivity index (χ4v) is 3.53. The van der Waals surface area contributed by atoms with Crippen molar-refractivity contribution < 1.29 is 9.53 Å². The molecular formula is C22H19Cl2NO2S. The number of carbonyl (C=O) groups is 1. The first-order valence-corrected chi connectivity index (χ1v) is 10.5. The molecular weight excluding hydrogens is 413 g/mol.